The van der Waals surface area contributed by atoms with Gasteiger partial charge in [-0.2, -0.15) is 15.0 Å². The molecule has 1 saturated heterocycles. The van der Waals surface area contributed by atoms with Gasteiger partial charge in [-0.05, 0) is 19.4 Å². The number of anilines is 3. The number of nitrogens with zero attached hydrogens (tertiary/aromatic N) is 4. The molecule has 168 valence electrons. The van der Waals surface area contributed by atoms with Crippen LogP contribution in [0.2, 0.25) is 0 Å². The largest absolute Gasteiger partial charge is 0.466 e. The van der Waals surface area contributed by atoms with E-state index in [0.29, 0.717) is 57.3 Å². The van der Waals surface area contributed by atoms with E-state index in [1.807, 2.05) is 36.1 Å². The van der Waals surface area contributed by atoms with E-state index in [1.165, 1.54) is 0 Å². The monoisotopic (exact) mass is 430 g/mol. The van der Waals surface area contributed by atoms with E-state index in [0.717, 1.165) is 11.1 Å². The van der Waals surface area contributed by atoms with Crippen molar-refractivity contribution in [3.05, 3.63) is 35.4 Å². The predicted octanol–water partition coefficient (Wildman–Crippen LogP) is 1.53. The van der Waals surface area contributed by atoms with Gasteiger partial charge in [-0.3, -0.25) is 4.79 Å². The number of rotatable bonds is 10. The number of benzene rings is 1. The van der Waals surface area contributed by atoms with Gasteiger partial charge in [0.2, 0.25) is 17.8 Å². The van der Waals surface area contributed by atoms with Gasteiger partial charge in [0, 0.05) is 19.6 Å². The lowest BCUT2D eigenvalue weighted by atomic mass is 10.0. The average Bonchev–Trinajstić information content (AvgIpc) is 2.78. The van der Waals surface area contributed by atoms with Crippen LogP contribution >= 0.6 is 0 Å². The lowest BCUT2D eigenvalue weighted by Crippen LogP contribution is -2.37. The van der Waals surface area contributed by atoms with Crippen molar-refractivity contribution in [3.8, 4) is 0 Å². The van der Waals surface area contributed by atoms with Crippen LogP contribution in [0.5, 0.6) is 0 Å². The van der Waals surface area contributed by atoms with Crippen LogP contribution in [0, 0.1) is 6.92 Å². The van der Waals surface area contributed by atoms with E-state index < -0.39 is 0 Å². The van der Waals surface area contributed by atoms with Crippen molar-refractivity contribution in [2.45, 2.75) is 26.3 Å². The van der Waals surface area contributed by atoms with E-state index in [4.69, 9.17) is 14.6 Å². The highest BCUT2D eigenvalue weighted by Gasteiger charge is 2.21. The molecule has 1 unspecified atom stereocenters. The maximum atomic E-state index is 12.2. The summed E-state index contributed by atoms with van der Waals surface area (Å²) in [5.41, 5.74) is 2.06. The molecule has 2 heterocycles. The molecular weight excluding hydrogens is 400 g/mol. The summed E-state index contributed by atoms with van der Waals surface area (Å²) in [7, 11) is 0. The van der Waals surface area contributed by atoms with Crippen molar-refractivity contribution in [1.82, 2.24) is 15.0 Å². The van der Waals surface area contributed by atoms with Gasteiger partial charge in [0.25, 0.3) is 0 Å². The first kappa shape index (κ1) is 22.7. The molecule has 31 heavy (non-hydrogen) atoms. The Balaban J connectivity index is 1.88. The van der Waals surface area contributed by atoms with Crippen LogP contribution in [-0.2, 0) is 14.3 Å². The summed E-state index contributed by atoms with van der Waals surface area (Å²) in [4.78, 5) is 27.7. The Morgan fingerprint density at radius 3 is 2.58 bits per heavy atom. The van der Waals surface area contributed by atoms with Crippen molar-refractivity contribution in [2.75, 3.05) is 61.6 Å². The zero-order valence-electron chi connectivity index (χ0n) is 18.0. The van der Waals surface area contributed by atoms with Crippen LogP contribution in [0.3, 0.4) is 0 Å². The standard InChI is InChI=1S/C21H30N6O4/c1-3-31-18(29)14-17(16-6-4-15(2)5-7-16)23-20-24-19(22-8-11-28)25-21(26-20)27-9-12-30-13-10-27/h4-7,17,28H,3,8-14H2,1-2H3,(H2,22,23,24,25,26). The Morgan fingerprint density at radius 1 is 1.19 bits per heavy atom. The quantitative estimate of drug-likeness (QED) is 0.478. The Morgan fingerprint density at radius 2 is 1.90 bits per heavy atom. The number of nitrogens with one attached hydrogen (secondary N) is 2. The van der Waals surface area contributed by atoms with E-state index in [1.54, 1.807) is 6.92 Å². The second-order valence-electron chi connectivity index (χ2n) is 7.15. The molecule has 1 fully saturated rings. The third-order valence-corrected chi connectivity index (χ3v) is 4.77. The first-order chi connectivity index (χ1) is 15.1. The molecule has 0 saturated carbocycles. The fourth-order valence-corrected chi connectivity index (χ4v) is 3.17. The molecule has 10 nitrogen and oxygen atoms in total. The van der Waals surface area contributed by atoms with E-state index in [9.17, 15) is 4.79 Å². The number of aromatic nitrogens is 3. The molecule has 1 aromatic heterocycles. The number of aliphatic hydroxyl groups excluding tert-OH is 1. The molecule has 3 rings (SSSR count). The number of ether oxygens (including phenoxy) is 2. The van der Waals surface area contributed by atoms with Crippen molar-refractivity contribution >= 4 is 23.8 Å². The SMILES string of the molecule is CCOC(=O)CC(Nc1nc(NCCO)nc(N2CCOCC2)n1)c1ccc(C)cc1. The number of carbonyl (C=O) groups is 1. The van der Waals surface area contributed by atoms with Gasteiger partial charge in [0.15, 0.2) is 0 Å². The van der Waals surface area contributed by atoms with Gasteiger partial charge < -0.3 is 30.1 Å². The molecule has 0 amide bonds. The summed E-state index contributed by atoms with van der Waals surface area (Å²) in [6, 6.07) is 7.57. The third kappa shape index (κ3) is 6.76. The van der Waals surface area contributed by atoms with Crippen LogP contribution in [0.15, 0.2) is 24.3 Å². The molecule has 1 aromatic carbocycles. The number of aryl methyl sites for hydroxylation is 1. The van der Waals surface area contributed by atoms with E-state index in [2.05, 4.69) is 25.6 Å². The molecule has 1 aliphatic rings. The van der Waals surface area contributed by atoms with Crippen molar-refractivity contribution in [3.63, 3.8) is 0 Å². The van der Waals surface area contributed by atoms with E-state index in [-0.39, 0.29) is 25.0 Å². The molecule has 2 aromatic rings. The lowest BCUT2D eigenvalue weighted by Gasteiger charge is -2.27. The minimum absolute atomic E-state index is 0.0455. The van der Waals surface area contributed by atoms with Crippen molar-refractivity contribution < 1.29 is 19.4 Å². The van der Waals surface area contributed by atoms with Crippen LogP contribution in [-0.4, -0.2) is 72.1 Å². The number of morpholine rings is 1. The zero-order chi connectivity index (χ0) is 22.1. The number of hydrogen-bond donors (Lipinski definition) is 3. The Hall–Kier alpha value is -2.98. The van der Waals surface area contributed by atoms with Crippen LogP contribution in [0.4, 0.5) is 17.8 Å². The molecule has 3 N–H and O–H groups in total. The smallest absolute Gasteiger partial charge is 0.308 e. The third-order valence-electron chi connectivity index (χ3n) is 4.77. The molecule has 1 aliphatic heterocycles. The lowest BCUT2D eigenvalue weighted by molar-refractivity contribution is -0.143. The average molecular weight is 431 g/mol. The number of esters is 1. The summed E-state index contributed by atoms with van der Waals surface area (Å²) in [6.07, 6.45) is 0.134. The first-order valence-corrected chi connectivity index (χ1v) is 10.5. The molecule has 0 bridgehead atoms. The summed E-state index contributed by atoms with van der Waals surface area (Å²) in [5.74, 6) is 0.903. The minimum Gasteiger partial charge on any atom is -0.466 e. The highest BCUT2D eigenvalue weighted by molar-refractivity contribution is 5.71. The summed E-state index contributed by atoms with van der Waals surface area (Å²) >= 11 is 0. The molecule has 0 radical (unpaired) electrons. The highest BCUT2D eigenvalue weighted by Crippen LogP contribution is 2.24. The maximum absolute atomic E-state index is 12.2. The zero-order valence-corrected chi connectivity index (χ0v) is 18.0. The Kier molecular flexibility index (Phi) is 8.36. The first-order valence-electron chi connectivity index (χ1n) is 10.5. The molecule has 0 spiro atoms. The Bertz CT molecular complexity index is 842. The number of carbonyl (C=O) groups excluding carboxylic acids is 1. The second-order valence-corrected chi connectivity index (χ2v) is 7.15. The van der Waals surface area contributed by atoms with Gasteiger partial charge in [-0.15, -0.1) is 0 Å². The van der Waals surface area contributed by atoms with Crippen LogP contribution in [0.25, 0.3) is 0 Å². The summed E-state index contributed by atoms with van der Waals surface area (Å²) < 4.78 is 10.6. The summed E-state index contributed by atoms with van der Waals surface area (Å²) in [6.45, 7) is 6.93. The van der Waals surface area contributed by atoms with Gasteiger partial charge in [-0.1, -0.05) is 29.8 Å². The summed E-state index contributed by atoms with van der Waals surface area (Å²) in [5, 5.41) is 15.4. The molecule has 10 heteroatoms. The fraction of sp³-hybridized carbons (Fsp3) is 0.524. The van der Waals surface area contributed by atoms with Gasteiger partial charge in [-0.25, -0.2) is 0 Å². The fourth-order valence-electron chi connectivity index (χ4n) is 3.17. The number of hydrogen-bond acceptors (Lipinski definition) is 10. The topological polar surface area (TPSA) is 122 Å². The normalized spacial score (nSPS) is 14.7. The van der Waals surface area contributed by atoms with Crippen LogP contribution in [0.1, 0.15) is 30.5 Å². The Labute approximate surface area is 182 Å². The molecule has 1 atom stereocenters. The predicted molar refractivity (Wildman–Crippen MR) is 117 cm³/mol. The van der Waals surface area contributed by atoms with Crippen molar-refractivity contribution in [1.29, 1.82) is 0 Å². The van der Waals surface area contributed by atoms with Crippen molar-refractivity contribution in [2.24, 2.45) is 0 Å². The maximum Gasteiger partial charge on any atom is 0.308 e. The molecular formula is C21H30N6O4. The van der Waals surface area contributed by atoms with E-state index >= 15 is 0 Å². The second kappa shape index (κ2) is 11.4. The van der Waals surface area contributed by atoms with Crippen LogP contribution < -0.4 is 15.5 Å². The number of aliphatic hydroxyl groups is 1. The van der Waals surface area contributed by atoms with Gasteiger partial charge in [0.05, 0.1) is 38.9 Å². The van der Waals surface area contributed by atoms with Gasteiger partial charge in [0.1, 0.15) is 0 Å². The highest BCUT2D eigenvalue weighted by atomic mass is 16.5. The van der Waals surface area contributed by atoms with Gasteiger partial charge >= 0.3 is 5.97 Å². The molecule has 0 aliphatic carbocycles. The minimum atomic E-state index is -0.370.